The molecule has 0 aliphatic heterocycles. The summed E-state index contributed by atoms with van der Waals surface area (Å²) < 4.78 is 0. The highest BCUT2D eigenvalue weighted by atomic mass is 32.1. The lowest BCUT2D eigenvalue weighted by atomic mass is 10.0. The van der Waals surface area contributed by atoms with E-state index in [9.17, 15) is 5.11 Å². The molecule has 1 atom stereocenters. The Kier molecular flexibility index (Phi) is 13.6. The standard InChI is InChI=1S/C13H28O2S/c14-11-10-13(15)9-7-5-3-1-2-4-6-8-12-16/h13-16H,1-12H2. The van der Waals surface area contributed by atoms with Gasteiger partial charge in [0.2, 0.25) is 0 Å². The third kappa shape index (κ3) is 12.3. The Morgan fingerprint density at radius 2 is 1.25 bits per heavy atom. The highest BCUT2D eigenvalue weighted by molar-refractivity contribution is 7.80. The lowest BCUT2D eigenvalue weighted by Crippen LogP contribution is -2.08. The summed E-state index contributed by atoms with van der Waals surface area (Å²) in [6.07, 6.45) is 11.3. The molecule has 0 aliphatic carbocycles. The van der Waals surface area contributed by atoms with E-state index in [4.69, 9.17) is 5.11 Å². The van der Waals surface area contributed by atoms with Crippen molar-refractivity contribution in [3.8, 4) is 0 Å². The summed E-state index contributed by atoms with van der Waals surface area (Å²) in [4.78, 5) is 0. The predicted molar refractivity (Wildman–Crippen MR) is 73.1 cm³/mol. The summed E-state index contributed by atoms with van der Waals surface area (Å²) in [6.45, 7) is 0.103. The fraction of sp³-hybridized carbons (Fsp3) is 1.00. The van der Waals surface area contributed by atoms with Crippen LogP contribution in [0.2, 0.25) is 0 Å². The van der Waals surface area contributed by atoms with Crippen LogP contribution in [0.5, 0.6) is 0 Å². The second kappa shape index (κ2) is 13.3. The highest BCUT2D eigenvalue weighted by Crippen LogP contribution is 2.11. The fourth-order valence-electron chi connectivity index (χ4n) is 1.85. The molecule has 0 aromatic heterocycles. The molecule has 0 aromatic carbocycles. The molecule has 2 nitrogen and oxygen atoms in total. The lowest BCUT2D eigenvalue weighted by Gasteiger charge is -2.07. The van der Waals surface area contributed by atoms with Crippen LogP contribution in [0.4, 0.5) is 0 Å². The van der Waals surface area contributed by atoms with Crippen molar-refractivity contribution < 1.29 is 10.2 Å². The molecule has 0 aromatic rings. The Morgan fingerprint density at radius 3 is 1.75 bits per heavy atom. The monoisotopic (exact) mass is 248 g/mol. The van der Waals surface area contributed by atoms with Gasteiger partial charge >= 0.3 is 0 Å². The first-order valence-corrected chi connectivity index (χ1v) is 7.34. The van der Waals surface area contributed by atoms with Crippen LogP contribution in [-0.2, 0) is 0 Å². The van der Waals surface area contributed by atoms with Crippen molar-refractivity contribution >= 4 is 12.6 Å². The molecular weight excluding hydrogens is 220 g/mol. The van der Waals surface area contributed by atoms with Gasteiger partial charge in [0, 0.05) is 6.61 Å². The molecule has 0 spiro atoms. The van der Waals surface area contributed by atoms with Gasteiger partial charge in [0.05, 0.1) is 6.10 Å². The summed E-state index contributed by atoms with van der Waals surface area (Å²) in [5.74, 6) is 1.02. The zero-order valence-electron chi connectivity index (χ0n) is 10.4. The molecule has 0 radical (unpaired) electrons. The number of hydrogen-bond donors (Lipinski definition) is 3. The minimum atomic E-state index is -0.291. The molecule has 16 heavy (non-hydrogen) atoms. The molecule has 0 aliphatic rings. The molecule has 0 bridgehead atoms. The number of unbranched alkanes of at least 4 members (excludes halogenated alkanes) is 7. The second-order valence-electron chi connectivity index (χ2n) is 4.51. The van der Waals surface area contributed by atoms with Gasteiger partial charge in [-0.3, -0.25) is 0 Å². The quantitative estimate of drug-likeness (QED) is 0.367. The molecule has 0 saturated heterocycles. The molecule has 2 N–H and O–H groups in total. The van der Waals surface area contributed by atoms with E-state index in [0.717, 1.165) is 18.6 Å². The molecule has 1 unspecified atom stereocenters. The smallest absolute Gasteiger partial charge is 0.0562 e. The van der Waals surface area contributed by atoms with E-state index in [1.807, 2.05) is 0 Å². The zero-order chi connectivity index (χ0) is 12.1. The molecule has 0 fully saturated rings. The van der Waals surface area contributed by atoms with Gasteiger partial charge in [0.1, 0.15) is 0 Å². The third-order valence-electron chi connectivity index (χ3n) is 2.91. The highest BCUT2D eigenvalue weighted by Gasteiger charge is 2.01. The van der Waals surface area contributed by atoms with Crippen molar-refractivity contribution in [3.63, 3.8) is 0 Å². The SMILES string of the molecule is OCCC(O)CCCCCCCCCCS. The fourth-order valence-corrected chi connectivity index (χ4v) is 2.07. The Morgan fingerprint density at radius 1 is 0.750 bits per heavy atom. The summed E-state index contributed by atoms with van der Waals surface area (Å²) in [5.41, 5.74) is 0. The Hall–Kier alpha value is 0.270. The molecule has 0 heterocycles. The Balaban J connectivity index is 2.98. The van der Waals surface area contributed by atoms with Crippen molar-refractivity contribution in [2.75, 3.05) is 12.4 Å². The van der Waals surface area contributed by atoms with Gasteiger partial charge in [-0.05, 0) is 25.0 Å². The lowest BCUT2D eigenvalue weighted by molar-refractivity contribution is 0.122. The molecular formula is C13H28O2S. The van der Waals surface area contributed by atoms with E-state index in [0.29, 0.717) is 6.42 Å². The van der Waals surface area contributed by atoms with Gasteiger partial charge in [-0.15, -0.1) is 0 Å². The average Bonchev–Trinajstić information content (AvgIpc) is 2.27. The van der Waals surface area contributed by atoms with Crippen LogP contribution in [0.25, 0.3) is 0 Å². The minimum Gasteiger partial charge on any atom is -0.396 e. The van der Waals surface area contributed by atoms with Gasteiger partial charge in [-0.25, -0.2) is 0 Å². The van der Waals surface area contributed by atoms with Crippen LogP contribution in [0, 0.1) is 0 Å². The van der Waals surface area contributed by atoms with E-state index < -0.39 is 0 Å². The minimum absolute atomic E-state index is 0.103. The van der Waals surface area contributed by atoms with Crippen molar-refractivity contribution in [2.45, 2.75) is 70.3 Å². The summed E-state index contributed by atoms with van der Waals surface area (Å²) in [5, 5.41) is 18.0. The van der Waals surface area contributed by atoms with Gasteiger partial charge < -0.3 is 10.2 Å². The van der Waals surface area contributed by atoms with Gasteiger partial charge in [-0.2, -0.15) is 12.6 Å². The predicted octanol–water partition coefficient (Wildman–Crippen LogP) is 3.17. The number of aliphatic hydroxyl groups is 2. The van der Waals surface area contributed by atoms with Crippen LogP contribution in [0.1, 0.15) is 64.2 Å². The number of thiol groups is 1. The maximum Gasteiger partial charge on any atom is 0.0562 e. The Labute approximate surface area is 106 Å². The van der Waals surface area contributed by atoms with E-state index in [-0.39, 0.29) is 12.7 Å². The normalized spacial score (nSPS) is 12.9. The molecule has 0 amide bonds. The topological polar surface area (TPSA) is 40.5 Å². The zero-order valence-corrected chi connectivity index (χ0v) is 11.3. The first kappa shape index (κ1) is 16.3. The van der Waals surface area contributed by atoms with Crippen LogP contribution in [0.15, 0.2) is 0 Å². The van der Waals surface area contributed by atoms with Crippen LogP contribution in [-0.4, -0.2) is 28.7 Å². The van der Waals surface area contributed by atoms with Crippen molar-refractivity contribution in [3.05, 3.63) is 0 Å². The van der Waals surface area contributed by atoms with Crippen LogP contribution >= 0.6 is 12.6 Å². The Bertz CT molecular complexity index is 131. The van der Waals surface area contributed by atoms with Crippen LogP contribution < -0.4 is 0 Å². The largest absolute Gasteiger partial charge is 0.396 e. The maximum absolute atomic E-state index is 9.38. The van der Waals surface area contributed by atoms with Crippen molar-refractivity contribution in [1.29, 1.82) is 0 Å². The molecule has 98 valence electrons. The number of hydrogen-bond acceptors (Lipinski definition) is 3. The molecule has 0 rings (SSSR count). The summed E-state index contributed by atoms with van der Waals surface area (Å²) in [7, 11) is 0. The van der Waals surface area contributed by atoms with Gasteiger partial charge in [-0.1, -0.05) is 44.9 Å². The molecule has 3 heteroatoms. The van der Waals surface area contributed by atoms with Crippen molar-refractivity contribution in [1.82, 2.24) is 0 Å². The van der Waals surface area contributed by atoms with E-state index in [1.165, 1.54) is 44.9 Å². The second-order valence-corrected chi connectivity index (χ2v) is 4.95. The first-order chi connectivity index (χ1) is 7.81. The summed E-state index contributed by atoms with van der Waals surface area (Å²) >= 11 is 4.19. The summed E-state index contributed by atoms with van der Waals surface area (Å²) in [6, 6.07) is 0. The van der Waals surface area contributed by atoms with E-state index >= 15 is 0 Å². The van der Waals surface area contributed by atoms with Gasteiger partial charge in [0.15, 0.2) is 0 Å². The van der Waals surface area contributed by atoms with Crippen molar-refractivity contribution in [2.24, 2.45) is 0 Å². The molecule has 0 saturated carbocycles. The number of aliphatic hydroxyl groups excluding tert-OH is 2. The average molecular weight is 248 g/mol. The van der Waals surface area contributed by atoms with Gasteiger partial charge in [0.25, 0.3) is 0 Å². The van der Waals surface area contributed by atoms with E-state index in [2.05, 4.69) is 12.6 Å². The first-order valence-electron chi connectivity index (χ1n) is 6.71. The third-order valence-corrected chi connectivity index (χ3v) is 3.22. The number of rotatable bonds is 12. The maximum atomic E-state index is 9.38. The van der Waals surface area contributed by atoms with Crippen LogP contribution in [0.3, 0.4) is 0 Å². The van der Waals surface area contributed by atoms with E-state index in [1.54, 1.807) is 0 Å².